The lowest BCUT2D eigenvalue weighted by atomic mass is 10.3. The first-order valence-electron chi connectivity index (χ1n) is 5.28. The van der Waals surface area contributed by atoms with Crippen LogP contribution >= 0.6 is 0 Å². The van der Waals surface area contributed by atoms with Gasteiger partial charge in [0.2, 0.25) is 5.91 Å². The molecule has 3 N–H and O–H groups in total. The number of hydrogen-bond donors (Lipinski definition) is 3. The Bertz CT molecular complexity index is 351. The summed E-state index contributed by atoms with van der Waals surface area (Å²) in [4.78, 5) is 15.3. The SMILES string of the molecule is COCC(=O)Nc1ccc(NCC(C)O)nc1. The minimum Gasteiger partial charge on any atom is -0.392 e. The van der Waals surface area contributed by atoms with Crippen molar-refractivity contribution in [1.82, 2.24) is 4.98 Å². The van der Waals surface area contributed by atoms with Crippen LogP contribution in [-0.2, 0) is 9.53 Å². The summed E-state index contributed by atoms with van der Waals surface area (Å²) >= 11 is 0. The maximum absolute atomic E-state index is 11.2. The Hall–Kier alpha value is -1.66. The van der Waals surface area contributed by atoms with Crippen LogP contribution in [-0.4, -0.2) is 42.4 Å². The normalized spacial score (nSPS) is 11.9. The van der Waals surface area contributed by atoms with Crippen molar-refractivity contribution in [2.75, 3.05) is 30.9 Å². The van der Waals surface area contributed by atoms with Gasteiger partial charge in [-0.3, -0.25) is 4.79 Å². The lowest BCUT2D eigenvalue weighted by Crippen LogP contribution is -2.18. The second-order valence-corrected chi connectivity index (χ2v) is 3.64. The molecule has 0 aliphatic carbocycles. The Morgan fingerprint density at radius 1 is 1.59 bits per heavy atom. The molecule has 0 aliphatic heterocycles. The van der Waals surface area contributed by atoms with E-state index in [1.54, 1.807) is 19.1 Å². The van der Waals surface area contributed by atoms with Gasteiger partial charge in [0.1, 0.15) is 12.4 Å². The van der Waals surface area contributed by atoms with Gasteiger partial charge in [-0.15, -0.1) is 0 Å². The first-order valence-corrected chi connectivity index (χ1v) is 5.28. The zero-order chi connectivity index (χ0) is 12.7. The molecular weight excluding hydrogens is 222 g/mol. The van der Waals surface area contributed by atoms with Crippen molar-refractivity contribution in [3.05, 3.63) is 18.3 Å². The highest BCUT2D eigenvalue weighted by atomic mass is 16.5. The molecule has 6 nitrogen and oxygen atoms in total. The Morgan fingerprint density at radius 2 is 2.35 bits per heavy atom. The summed E-state index contributed by atoms with van der Waals surface area (Å²) in [5.74, 6) is 0.426. The van der Waals surface area contributed by atoms with Crippen LogP contribution in [0.1, 0.15) is 6.92 Å². The smallest absolute Gasteiger partial charge is 0.250 e. The molecule has 0 spiro atoms. The molecule has 0 saturated heterocycles. The first kappa shape index (κ1) is 13.4. The summed E-state index contributed by atoms with van der Waals surface area (Å²) in [6.45, 7) is 2.14. The van der Waals surface area contributed by atoms with Crippen molar-refractivity contribution in [2.24, 2.45) is 0 Å². The van der Waals surface area contributed by atoms with Crippen molar-refractivity contribution in [2.45, 2.75) is 13.0 Å². The molecule has 1 heterocycles. The standard InChI is InChI=1S/C11H17N3O3/c1-8(15)5-12-10-4-3-9(6-13-10)14-11(16)7-17-2/h3-4,6,8,15H,5,7H2,1-2H3,(H,12,13)(H,14,16). The summed E-state index contributed by atoms with van der Waals surface area (Å²) in [6.07, 6.45) is 1.11. The molecule has 0 radical (unpaired) electrons. The number of amides is 1. The van der Waals surface area contributed by atoms with Gasteiger partial charge in [0, 0.05) is 13.7 Å². The van der Waals surface area contributed by atoms with E-state index in [0.717, 1.165) is 0 Å². The number of aromatic nitrogens is 1. The van der Waals surface area contributed by atoms with Crippen molar-refractivity contribution < 1.29 is 14.6 Å². The van der Waals surface area contributed by atoms with E-state index in [2.05, 4.69) is 15.6 Å². The molecule has 1 amide bonds. The first-order chi connectivity index (χ1) is 8.11. The van der Waals surface area contributed by atoms with Crippen LogP contribution in [0.25, 0.3) is 0 Å². The van der Waals surface area contributed by atoms with E-state index in [-0.39, 0.29) is 12.5 Å². The molecular formula is C11H17N3O3. The number of carbonyl (C=O) groups is 1. The number of hydrogen-bond acceptors (Lipinski definition) is 5. The maximum atomic E-state index is 11.2. The van der Waals surface area contributed by atoms with Crippen LogP contribution < -0.4 is 10.6 Å². The number of anilines is 2. The van der Waals surface area contributed by atoms with Gasteiger partial charge in [-0.2, -0.15) is 0 Å². The maximum Gasteiger partial charge on any atom is 0.250 e. The van der Waals surface area contributed by atoms with Gasteiger partial charge >= 0.3 is 0 Å². The average molecular weight is 239 g/mol. The third-order valence-corrected chi connectivity index (χ3v) is 1.90. The van der Waals surface area contributed by atoms with Gasteiger partial charge < -0.3 is 20.5 Å². The summed E-state index contributed by atoms with van der Waals surface area (Å²) in [6, 6.07) is 3.45. The van der Waals surface area contributed by atoms with Crippen LogP contribution in [0.4, 0.5) is 11.5 Å². The van der Waals surface area contributed by atoms with E-state index in [1.807, 2.05) is 0 Å². The molecule has 1 aromatic heterocycles. The Kier molecular flexibility index (Phi) is 5.38. The Labute approximate surface area is 100 Å². The zero-order valence-electron chi connectivity index (χ0n) is 9.93. The fourth-order valence-electron chi connectivity index (χ4n) is 1.15. The van der Waals surface area contributed by atoms with Gasteiger partial charge in [-0.1, -0.05) is 0 Å². The number of pyridine rings is 1. The molecule has 0 aromatic carbocycles. The van der Waals surface area contributed by atoms with Crippen LogP contribution in [0.5, 0.6) is 0 Å². The number of carbonyl (C=O) groups excluding carboxylic acids is 1. The average Bonchev–Trinajstić information content (AvgIpc) is 2.28. The predicted molar refractivity (Wildman–Crippen MR) is 64.9 cm³/mol. The topological polar surface area (TPSA) is 83.5 Å². The van der Waals surface area contributed by atoms with Crippen molar-refractivity contribution in [3.8, 4) is 0 Å². The monoisotopic (exact) mass is 239 g/mol. The van der Waals surface area contributed by atoms with Crippen LogP contribution in [0.15, 0.2) is 18.3 Å². The minimum atomic E-state index is -0.433. The fourth-order valence-corrected chi connectivity index (χ4v) is 1.15. The lowest BCUT2D eigenvalue weighted by Gasteiger charge is -2.08. The number of aliphatic hydroxyl groups is 1. The van der Waals surface area contributed by atoms with Crippen LogP contribution in [0, 0.1) is 0 Å². The highest BCUT2D eigenvalue weighted by molar-refractivity contribution is 5.91. The van der Waals surface area contributed by atoms with Crippen LogP contribution in [0.3, 0.4) is 0 Å². The lowest BCUT2D eigenvalue weighted by molar-refractivity contribution is -0.119. The second kappa shape index (κ2) is 6.82. The number of nitrogens with zero attached hydrogens (tertiary/aromatic N) is 1. The molecule has 6 heteroatoms. The van der Waals surface area contributed by atoms with E-state index >= 15 is 0 Å². The third kappa shape index (κ3) is 5.28. The molecule has 1 rings (SSSR count). The molecule has 0 fully saturated rings. The largest absolute Gasteiger partial charge is 0.392 e. The van der Waals surface area contributed by atoms with E-state index in [1.165, 1.54) is 13.3 Å². The van der Waals surface area contributed by atoms with E-state index in [0.29, 0.717) is 18.1 Å². The van der Waals surface area contributed by atoms with Crippen molar-refractivity contribution in [1.29, 1.82) is 0 Å². The van der Waals surface area contributed by atoms with Gasteiger partial charge in [-0.25, -0.2) is 4.98 Å². The number of ether oxygens (including phenoxy) is 1. The summed E-state index contributed by atoms with van der Waals surface area (Å²) in [7, 11) is 1.46. The number of aliphatic hydroxyl groups excluding tert-OH is 1. The summed E-state index contributed by atoms with van der Waals surface area (Å²) in [5, 5.41) is 14.7. The van der Waals surface area contributed by atoms with Gasteiger partial charge in [0.05, 0.1) is 18.0 Å². The molecule has 0 bridgehead atoms. The Morgan fingerprint density at radius 3 is 2.88 bits per heavy atom. The number of nitrogens with one attached hydrogen (secondary N) is 2. The zero-order valence-corrected chi connectivity index (χ0v) is 9.93. The minimum absolute atomic E-state index is 0.0159. The van der Waals surface area contributed by atoms with Crippen LogP contribution in [0.2, 0.25) is 0 Å². The van der Waals surface area contributed by atoms with E-state index in [4.69, 9.17) is 9.84 Å². The molecule has 1 atom stereocenters. The van der Waals surface area contributed by atoms with Crippen molar-refractivity contribution in [3.63, 3.8) is 0 Å². The summed E-state index contributed by atoms with van der Waals surface area (Å²) < 4.78 is 4.69. The molecule has 1 unspecified atom stereocenters. The molecule has 1 aromatic rings. The molecule has 17 heavy (non-hydrogen) atoms. The van der Waals surface area contributed by atoms with Gasteiger partial charge in [0.15, 0.2) is 0 Å². The molecule has 0 aliphatic rings. The molecule has 94 valence electrons. The van der Waals surface area contributed by atoms with Gasteiger partial charge in [-0.05, 0) is 19.1 Å². The van der Waals surface area contributed by atoms with E-state index in [9.17, 15) is 4.79 Å². The highest BCUT2D eigenvalue weighted by Gasteiger charge is 2.02. The molecule has 0 saturated carbocycles. The number of rotatable bonds is 6. The fraction of sp³-hybridized carbons (Fsp3) is 0.455. The number of methoxy groups -OCH3 is 1. The Balaban J connectivity index is 2.47. The summed E-state index contributed by atoms with van der Waals surface area (Å²) in [5.41, 5.74) is 0.606. The third-order valence-electron chi connectivity index (χ3n) is 1.90. The highest BCUT2D eigenvalue weighted by Crippen LogP contribution is 2.09. The predicted octanol–water partition coefficient (Wildman–Crippen LogP) is 0.459. The van der Waals surface area contributed by atoms with E-state index < -0.39 is 6.10 Å². The second-order valence-electron chi connectivity index (χ2n) is 3.64. The van der Waals surface area contributed by atoms with Gasteiger partial charge in [0.25, 0.3) is 0 Å². The van der Waals surface area contributed by atoms with Crippen molar-refractivity contribution >= 4 is 17.4 Å². The quantitative estimate of drug-likeness (QED) is 0.671.